The molecule has 0 atom stereocenters. The lowest BCUT2D eigenvalue weighted by Gasteiger charge is -2.29. The lowest BCUT2D eigenvalue weighted by atomic mass is 10.2. The van der Waals surface area contributed by atoms with E-state index in [1.165, 1.54) is 0 Å². The maximum atomic E-state index is 4.60. The Kier molecular flexibility index (Phi) is 4.64. The van der Waals surface area contributed by atoms with Crippen molar-refractivity contribution in [3.05, 3.63) is 47.6 Å². The molecule has 0 bridgehead atoms. The van der Waals surface area contributed by atoms with E-state index in [0.717, 1.165) is 53.1 Å². The number of aryl methyl sites for hydroxylation is 1. The minimum atomic E-state index is 0.481. The van der Waals surface area contributed by atoms with Crippen molar-refractivity contribution in [2.75, 3.05) is 36.4 Å². The van der Waals surface area contributed by atoms with Crippen molar-refractivity contribution in [3.63, 3.8) is 0 Å². The standard InChI is InChI=1S/C19H20BrN9/c1-27-12-13(9-24-27)16-8-15-11-23-19(26-29(15)18(16)20)25-17-3-2-14(10-22-17)28-6-4-21-5-7-28/h2-3,8-12,21H,4-7H2,1H3,(H,22,25,26). The van der Waals surface area contributed by atoms with Gasteiger partial charge in [0.25, 0.3) is 0 Å². The van der Waals surface area contributed by atoms with Crippen molar-refractivity contribution in [2.45, 2.75) is 0 Å². The van der Waals surface area contributed by atoms with E-state index in [0.29, 0.717) is 11.8 Å². The molecule has 1 aliphatic heterocycles. The first-order chi connectivity index (χ1) is 14.2. The third-order valence-corrected chi connectivity index (χ3v) is 5.71. The molecule has 10 heteroatoms. The van der Waals surface area contributed by atoms with E-state index < -0.39 is 0 Å². The summed E-state index contributed by atoms with van der Waals surface area (Å²) in [6.07, 6.45) is 7.47. The molecule has 29 heavy (non-hydrogen) atoms. The monoisotopic (exact) mass is 453 g/mol. The second-order valence-corrected chi connectivity index (χ2v) is 7.68. The van der Waals surface area contributed by atoms with E-state index in [1.54, 1.807) is 10.9 Å². The fraction of sp³-hybridized carbons (Fsp3) is 0.263. The number of hydrogen-bond donors (Lipinski definition) is 2. The number of anilines is 3. The van der Waals surface area contributed by atoms with Crippen molar-refractivity contribution >= 4 is 38.9 Å². The number of nitrogens with zero attached hydrogens (tertiary/aromatic N) is 7. The van der Waals surface area contributed by atoms with Crippen LogP contribution >= 0.6 is 15.9 Å². The van der Waals surface area contributed by atoms with Gasteiger partial charge < -0.3 is 15.5 Å². The first-order valence-corrected chi connectivity index (χ1v) is 10.2. The van der Waals surface area contributed by atoms with Gasteiger partial charge in [-0.15, -0.1) is 5.10 Å². The number of aromatic nitrogens is 6. The van der Waals surface area contributed by atoms with Crippen LogP contribution in [-0.4, -0.2) is 55.5 Å². The highest BCUT2D eigenvalue weighted by atomic mass is 79.9. The average Bonchev–Trinajstić information content (AvgIpc) is 3.32. The van der Waals surface area contributed by atoms with Crippen LogP contribution in [-0.2, 0) is 7.05 Å². The number of halogens is 1. The smallest absolute Gasteiger partial charge is 0.246 e. The molecule has 2 N–H and O–H groups in total. The van der Waals surface area contributed by atoms with Gasteiger partial charge in [0.2, 0.25) is 5.95 Å². The molecule has 0 aromatic carbocycles. The summed E-state index contributed by atoms with van der Waals surface area (Å²) in [7, 11) is 1.90. The molecule has 5 heterocycles. The summed E-state index contributed by atoms with van der Waals surface area (Å²) in [5, 5.41) is 15.4. The van der Waals surface area contributed by atoms with Gasteiger partial charge in [0.05, 0.1) is 29.8 Å². The van der Waals surface area contributed by atoms with Gasteiger partial charge >= 0.3 is 0 Å². The summed E-state index contributed by atoms with van der Waals surface area (Å²) in [6.45, 7) is 3.99. The van der Waals surface area contributed by atoms with Crippen LogP contribution in [0.4, 0.5) is 17.5 Å². The Morgan fingerprint density at radius 2 is 1.97 bits per heavy atom. The van der Waals surface area contributed by atoms with Crippen molar-refractivity contribution in [2.24, 2.45) is 7.05 Å². The molecule has 0 amide bonds. The Labute approximate surface area is 175 Å². The molecule has 1 aliphatic rings. The fourth-order valence-corrected chi connectivity index (χ4v) is 4.07. The molecule has 4 aromatic heterocycles. The Bertz CT molecular complexity index is 1140. The molecule has 9 nitrogen and oxygen atoms in total. The third-order valence-electron chi connectivity index (χ3n) is 4.94. The Morgan fingerprint density at radius 1 is 1.10 bits per heavy atom. The van der Waals surface area contributed by atoms with Crippen LogP contribution in [0, 0.1) is 0 Å². The van der Waals surface area contributed by atoms with Gasteiger partial charge in [-0.3, -0.25) is 4.68 Å². The molecule has 4 aromatic rings. The van der Waals surface area contributed by atoms with Gasteiger partial charge in [-0.1, -0.05) is 0 Å². The van der Waals surface area contributed by atoms with E-state index in [2.05, 4.69) is 57.7 Å². The van der Waals surface area contributed by atoms with Crippen LogP contribution in [0.3, 0.4) is 0 Å². The van der Waals surface area contributed by atoms with Crippen LogP contribution in [0.5, 0.6) is 0 Å². The summed E-state index contributed by atoms with van der Waals surface area (Å²) >= 11 is 3.65. The molecule has 5 rings (SSSR count). The topological polar surface area (TPSA) is 88.2 Å². The molecule has 1 saturated heterocycles. The summed E-state index contributed by atoms with van der Waals surface area (Å²) in [4.78, 5) is 11.3. The lowest BCUT2D eigenvalue weighted by Crippen LogP contribution is -2.43. The maximum absolute atomic E-state index is 4.60. The highest BCUT2D eigenvalue weighted by Crippen LogP contribution is 2.31. The van der Waals surface area contributed by atoms with Gasteiger partial charge in [0, 0.05) is 50.6 Å². The molecular formula is C19H20BrN9. The molecule has 0 aliphatic carbocycles. The van der Waals surface area contributed by atoms with Gasteiger partial charge in [-0.2, -0.15) is 5.10 Å². The van der Waals surface area contributed by atoms with Crippen LogP contribution in [0.2, 0.25) is 0 Å². The van der Waals surface area contributed by atoms with E-state index in [-0.39, 0.29) is 0 Å². The van der Waals surface area contributed by atoms with Crippen molar-refractivity contribution in [3.8, 4) is 11.1 Å². The average molecular weight is 454 g/mol. The van der Waals surface area contributed by atoms with E-state index >= 15 is 0 Å². The van der Waals surface area contributed by atoms with Gasteiger partial charge in [-0.25, -0.2) is 14.5 Å². The first-order valence-electron chi connectivity index (χ1n) is 9.39. The SMILES string of the molecule is Cn1cc(-c2cc3cnc(Nc4ccc(N5CCNCC5)cn4)nn3c2Br)cn1. The second-order valence-electron chi connectivity index (χ2n) is 6.93. The number of fused-ring (bicyclic) bond motifs is 1. The predicted molar refractivity (Wildman–Crippen MR) is 115 cm³/mol. The zero-order chi connectivity index (χ0) is 19.8. The summed E-state index contributed by atoms with van der Waals surface area (Å²) < 4.78 is 4.44. The fourth-order valence-electron chi connectivity index (χ4n) is 3.44. The Balaban J connectivity index is 1.38. The van der Waals surface area contributed by atoms with Gasteiger partial charge in [0.1, 0.15) is 10.4 Å². The highest BCUT2D eigenvalue weighted by molar-refractivity contribution is 9.10. The minimum absolute atomic E-state index is 0.481. The van der Waals surface area contributed by atoms with Crippen LogP contribution in [0.15, 0.2) is 47.6 Å². The molecule has 0 unspecified atom stereocenters. The first kappa shape index (κ1) is 18.1. The minimum Gasteiger partial charge on any atom is -0.368 e. The Hall–Kier alpha value is -2.98. The molecular weight excluding hydrogens is 434 g/mol. The quantitative estimate of drug-likeness (QED) is 0.490. The van der Waals surface area contributed by atoms with Crippen LogP contribution < -0.4 is 15.5 Å². The number of pyridine rings is 1. The molecule has 0 saturated carbocycles. The normalized spacial score (nSPS) is 14.5. The van der Waals surface area contributed by atoms with Crippen molar-refractivity contribution < 1.29 is 0 Å². The summed E-state index contributed by atoms with van der Waals surface area (Å²) in [6, 6.07) is 6.06. The predicted octanol–water partition coefficient (Wildman–Crippen LogP) is 2.44. The van der Waals surface area contributed by atoms with Gasteiger partial charge in [0.15, 0.2) is 0 Å². The van der Waals surface area contributed by atoms with E-state index in [9.17, 15) is 0 Å². The van der Waals surface area contributed by atoms with Crippen LogP contribution in [0.25, 0.3) is 16.6 Å². The number of hydrogen-bond acceptors (Lipinski definition) is 7. The van der Waals surface area contributed by atoms with E-state index in [4.69, 9.17) is 0 Å². The molecule has 0 spiro atoms. The molecule has 0 radical (unpaired) electrons. The molecule has 1 fully saturated rings. The van der Waals surface area contributed by atoms with Gasteiger partial charge in [-0.05, 0) is 34.1 Å². The molecule has 148 valence electrons. The van der Waals surface area contributed by atoms with Crippen molar-refractivity contribution in [1.29, 1.82) is 0 Å². The highest BCUT2D eigenvalue weighted by Gasteiger charge is 2.14. The Morgan fingerprint density at radius 3 is 2.69 bits per heavy atom. The largest absolute Gasteiger partial charge is 0.368 e. The zero-order valence-corrected chi connectivity index (χ0v) is 17.5. The lowest BCUT2D eigenvalue weighted by molar-refractivity contribution is 0.589. The zero-order valence-electron chi connectivity index (χ0n) is 15.9. The maximum Gasteiger partial charge on any atom is 0.246 e. The van der Waals surface area contributed by atoms with Crippen molar-refractivity contribution in [1.82, 2.24) is 34.7 Å². The number of piperazine rings is 1. The summed E-state index contributed by atoms with van der Waals surface area (Å²) in [5.41, 5.74) is 4.05. The summed E-state index contributed by atoms with van der Waals surface area (Å²) in [5.74, 6) is 1.19. The number of rotatable bonds is 4. The van der Waals surface area contributed by atoms with Crippen LogP contribution in [0.1, 0.15) is 0 Å². The number of nitrogens with one attached hydrogen (secondary N) is 2. The third kappa shape index (κ3) is 3.56. The second kappa shape index (κ2) is 7.45. The van der Waals surface area contributed by atoms with E-state index in [1.807, 2.05) is 42.3 Å².